The third kappa shape index (κ3) is 6.71. The van der Waals surface area contributed by atoms with Crippen molar-refractivity contribution < 1.29 is 0 Å². The summed E-state index contributed by atoms with van der Waals surface area (Å²) in [5, 5.41) is 2.67. The molecule has 0 fully saturated rings. The van der Waals surface area contributed by atoms with Gasteiger partial charge in [-0.25, -0.2) is 0 Å². The van der Waals surface area contributed by atoms with Gasteiger partial charge in [-0.1, -0.05) is 169 Å². The van der Waals surface area contributed by atoms with E-state index in [9.17, 15) is 0 Å². The fourth-order valence-corrected chi connectivity index (χ4v) is 12.6. The van der Waals surface area contributed by atoms with E-state index >= 15 is 0 Å². The highest BCUT2D eigenvalue weighted by atomic mass is 32.1. The Kier molecular flexibility index (Phi) is 9.43. The molecule has 0 unspecified atom stereocenters. The van der Waals surface area contributed by atoms with Crippen LogP contribution in [0.3, 0.4) is 0 Å². The first-order chi connectivity index (χ1) is 31.1. The molecular weight excluding hydrogens is 816 g/mol. The Morgan fingerprint density at radius 2 is 1.05 bits per heavy atom. The van der Waals surface area contributed by atoms with Crippen LogP contribution in [-0.4, -0.2) is 6.71 Å². The first kappa shape index (κ1) is 43.0. The Morgan fingerprint density at radius 1 is 0.470 bits per heavy atom. The lowest BCUT2D eigenvalue weighted by atomic mass is 9.33. The van der Waals surface area contributed by atoms with Gasteiger partial charge in [-0.05, 0) is 150 Å². The van der Waals surface area contributed by atoms with E-state index < -0.39 is 0 Å². The van der Waals surface area contributed by atoms with E-state index in [-0.39, 0.29) is 33.8 Å². The van der Waals surface area contributed by atoms with E-state index in [1.54, 1.807) is 0 Å². The van der Waals surface area contributed by atoms with Crippen LogP contribution in [0, 0.1) is 0 Å². The van der Waals surface area contributed by atoms with Crippen LogP contribution in [0.1, 0.15) is 131 Å². The second-order valence-electron chi connectivity index (χ2n) is 24.2. The molecule has 0 N–H and O–H groups in total. The molecule has 2 nitrogen and oxygen atoms in total. The molecule has 66 heavy (non-hydrogen) atoms. The smallest absolute Gasteiger partial charge is 0.252 e. The fraction of sp³-hybridized carbons (Fsp3) is 0.323. The van der Waals surface area contributed by atoms with Crippen LogP contribution in [0.15, 0.2) is 133 Å². The Balaban J connectivity index is 1.19. The molecule has 4 heteroatoms. The number of hydrogen-bond acceptors (Lipinski definition) is 3. The summed E-state index contributed by atoms with van der Waals surface area (Å²) in [5.74, 6) is 0. The third-order valence-corrected chi connectivity index (χ3v) is 16.8. The minimum Gasteiger partial charge on any atom is -0.311 e. The monoisotopic (exact) mass is 880 g/mol. The summed E-state index contributed by atoms with van der Waals surface area (Å²) in [6.07, 6.45) is 2.38. The highest BCUT2D eigenvalue weighted by Gasteiger charge is 2.46. The van der Waals surface area contributed by atoms with Crippen LogP contribution in [-0.2, 0) is 27.1 Å². The van der Waals surface area contributed by atoms with Gasteiger partial charge >= 0.3 is 0 Å². The summed E-state index contributed by atoms with van der Waals surface area (Å²) in [5.41, 5.74) is 21.3. The van der Waals surface area contributed by atoms with Crippen LogP contribution in [0.2, 0.25) is 0 Å². The summed E-state index contributed by atoms with van der Waals surface area (Å²) in [6.45, 7) is 31.1. The van der Waals surface area contributed by atoms with Crippen molar-refractivity contribution in [3.8, 4) is 11.1 Å². The molecule has 0 atom stereocenters. The van der Waals surface area contributed by atoms with Gasteiger partial charge in [-0.3, -0.25) is 0 Å². The van der Waals surface area contributed by atoms with Crippen LogP contribution >= 0.6 is 11.3 Å². The predicted octanol–water partition coefficient (Wildman–Crippen LogP) is 16.0. The lowest BCUT2D eigenvalue weighted by Crippen LogP contribution is -2.61. The van der Waals surface area contributed by atoms with Gasteiger partial charge in [-0.15, -0.1) is 11.3 Å². The van der Waals surface area contributed by atoms with Crippen LogP contribution in [0.25, 0.3) is 31.3 Å². The molecule has 7 aromatic carbocycles. The van der Waals surface area contributed by atoms with E-state index in [1.807, 2.05) is 11.3 Å². The van der Waals surface area contributed by atoms with Gasteiger partial charge in [0.25, 0.3) is 6.71 Å². The summed E-state index contributed by atoms with van der Waals surface area (Å²) >= 11 is 1.90. The quantitative estimate of drug-likeness (QED) is 0.163. The number of fused-ring (bicyclic) bond motifs is 8. The Labute approximate surface area is 398 Å². The van der Waals surface area contributed by atoms with E-state index in [0.29, 0.717) is 0 Å². The lowest BCUT2D eigenvalue weighted by Gasteiger charge is -2.46. The highest BCUT2D eigenvalue weighted by molar-refractivity contribution is 7.26. The number of thiophene rings is 1. The van der Waals surface area contributed by atoms with E-state index in [4.69, 9.17) is 0 Å². The zero-order chi connectivity index (χ0) is 46.5. The highest BCUT2D eigenvalue weighted by Crippen LogP contribution is 2.51. The molecule has 3 heterocycles. The average Bonchev–Trinajstić information content (AvgIpc) is 3.65. The Bertz CT molecular complexity index is 3270. The predicted molar refractivity (Wildman–Crippen MR) is 290 cm³/mol. The van der Waals surface area contributed by atoms with Gasteiger partial charge in [0.2, 0.25) is 0 Å². The van der Waals surface area contributed by atoms with Gasteiger partial charge in [0.1, 0.15) is 0 Å². The molecule has 3 aliphatic rings. The van der Waals surface area contributed by atoms with Gasteiger partial charge in [0.05, 0.1) is 0 Å². The molecule has 0 bridgehead atoms. The zero-order valence-electron chi connectivity index (χ0n) is 41.5. The summed E-state index contributed by atoms with van der Waals surface area (Å²) in [7, 11) is 0. The molecule has 0 saturated carbocycles. The SMILES string of the molecule is CC(C)(C)c1ccc2c(c1)B1c3ccc(C(C)(C)C)cc3N(c3ccc4c(c3)C(C)(C)CCC4(C)C)c3cc(C(C)(C)C)cc(c31)N2c1ccc(-c2cccc3c2sc2ccccc23)cc1. The van der Waals surface area contributed by atoms with E-state index in [2.05, 4.69) is 233 Å². The zero-order valence-corrected chi connectivity index (χ0v) is 42.3. The van der Waals surface area contributed by atoms with Crippen molar-refractivity contribution in [3.05, 3.63) is 161 Å². The normalized spacial score (nSPS) is 16.3. The molecule has 1 aliphatic carbocycles. The molecule has 11 rings (SSSR count). The fourth-order valence-electron chi connectivity index (χ4n) is 11.4. The number of nitrogens with zero attached hydrogens (tertiary/aromatic N) is 2. The van der Waals surface area contributed by atoms with Crippen molar-refractivity contribution in [2.45, 2.75) is 130 Å². The molecular formula is C62H65BN2S. The largest absolute Gasteiger partial charge is 0.311 e. The minimum atomic E-state index is -0.100. The second-order valence-corrected chi connectivity index (χ2v) is 25.2. The first-order valence-electron chi connectivity index (χ1n) is 24.3. The van der Waals surface area contributed by atoms with Crippen molar-refractivity contribution in [2.24, 2.45) is 0 Å². The first-order valence-corrected chi connectivity index (χ1v) is 25.2. The molecule has 1 aromatic heterocycles. The lowest BCUT2D eigenvalue weighted by molar-refractivity contribution is 0.332. The maximum Gasteiger partial charge on any atom is 0.252 e. The van der Waals surface area contributed by atoms with Crippen molar-refractivity contribution in [1.82, 2.24) is 0 Å². The molecule has 332 valence electrons. The summed E-state index contributed by atoms with van der Waals surface area (Å²) in [6, 6.07) is 52.4. The van der Waals surface area contributed by atoms with Crippen molar-refractivity contribution in [3.63, 3.8) is 0 Å². The number of benzene rings is 7. The maximum atomic E-state index is 2.67. The molecule has 0 radical (unpaired) electrons. The molecule has 0 saturated heterocycles. The molecule has 8 aromatic rings. The van der Waals surface area contributed by atoms with E-state index in [0.717, 1.165) is 0 Å². The van der Waals surface area contributed by atoms with Crippen molar-refractivity contribution >= 4 is 88.7 Å². The number of anilines is 6. The maximum absolute atomic E-state index is 2.67. The Hall–Kier alpha value is -5.58. The summed E-state index contributed by atoms with van der Waals surface area (Å²) in [4.78, 5) is 5.26. The number of rotatable bonds is 3. The standard InChI is InChI=1S/C62H65BN2S/c1-58(2,3)39-24-30-51-50(33-39)63-49-29-23-40(59(4,5)6)34-52(49)65(43-27-28-47-48(37-43)62(12,13)32-31-61(47,10)11)54-36-41(60(7,8)9)35-53(56(54)63)64(51)42-25-21-38(22-26-42)44-18-16-19-46-45-17-14-15-20-55(45)66-57(44)46/h14-30,33-37H,31-32H2,1-13H3. The van der Waals surface area contributed by atoms with Gasteiger partial charge in [0.15, 0.2) is 0 Å². The molecule has 0 spiro atoms. The summed E-state index contributed by atoms with van der Waals surface area (Å²) < 4.78 is 2.68. The van der Waals surface area contributed by atoms with Crippen molar-refractivity contribution in [1.29, 1.82) is 0 Å². The van der Waals surface area contributed by atoms with E-state index in [1.165, 1.54) is 122 Å². The van der Waals surface area contributed by atoms with Gasteiger partial charge in [-0.2, -0.15) is 0 Å². The minimum absolute atomic E-state index is 0.0162. The Morgan fingerprint density at radius 3 is 1.73 bits per heavy atom. The van der Waals surface area contributed by atoms with Crippen LogP contribution in [0.5, 0.6) is 0 Å². The average molecular weight is 881 g/mol. The number of hydrogen-bond donors (Lipinski definition) is 0. The van der Waals surface area contributed by atoms with Crippen molar-refractivity contribution in [2.75, 3.05) is 9.80 Å². The van der Waals surface area contributed by atoms with Gasteiger partial charge < -0.3 is 9.80 Å². The van der Waals surface area contributed by atoms with Crippen LogP contribution < -0.4 is 26.2 Å². The topological polar surface area (TPSA) is 6.48 Å². The third-order valence-electron chi connectivity index (χ3n) is 15.6. The second kappa shape index (κ2) is 14.5. The molecule has 2 aliphatic heterocycles. The van der Waals surface area contributed by atoms with Gasteiger partial charge in [0, 0.05) is 54.3 Å². The molecule has 0 amide bonds. The van der Waals surface area contributed by atoms with Crippen LogP contribution in [0.4, 0.5) is 34.1 Å².